The minimum absolute atomic E-state index is 0.0670. The van der Waals surface area contributed by atoms with Gasteiger partial charge < -0.3 is 19.4 Å². The summed E-state index contributed by atoms with van der Waals surface area (Å²) >= 11 is 0. The van der Waals surface area contributed by atoms with Crippen LogP contribution < -0.4 is 14.5 Å². The van der Waals surface area contributed by atoms with Crippen LogP contribution in [0.25, 0.3) is 10.8 Å². The van der Waals surface area contributed by atoms with E-state index in [4.69, 9.17) is 4.74 Å². The van der Waals surface area contributed by atoms with Gasteiger partial charge in [0, 0.05) is 54.2 Å². The Kier molecular flexibility index (Phi) is 5.38. The first kappa shape index (κ1) is 22.5. The van der Waals surface area contributed by atoms with Crippen LogP contribution in [0.1, 0.15) is 19.4 Å². The Labute approximate surface area is 213 Å². The molecular weight excluding hydrogens is 444 g/mol. The van der Waals surface area contributed by atoms with Crippen molar-refractivity contribution in [3.05, 3.63) is 103 Å². The number of benzene rings is 4. The maximum atomic E-state index is 6.36. The first-order valence-corrected chi connectivity index (χ1v) is 12.4. The van der Waals surface area contributed by atoms with Crippen molar-refractivity contribution in [3.8, 4) is 11.5 Å². The van der Waals surface area contributed by atoms with E-state index in [1.54, 1.807) is 0 Å². The van der Waals surface area contributed by atoms with Crippen LogP contribution in [0.3, 0.4) is 0 Å². The van der Waals surface area contributed by atoms with Crippen LogP contribution in [-0.2, 0) is 5.54 Å². The summed E-state index contributed by atoms with van der Waals surface area (Å²) in [4.78, 5) is 9.15. The van der Waals surface area contributed by atoms with Crippen LogP contribution in [0.5, 0.6) is 11.5 Å². The Balaban J connectivity index is 1.34. The van der Waals surface area contributed by atoms with Crippen LogP contribution >= 0.6 is 0 Å². The van der Waals surface area contributed by atoms with E-state index in [0.717, 1.165) is 36.2 Å². The fraction of sp³-hybridized carbons (Fsp3) is 0.226. The number of fused-ring (bicyclic) bond motifs is 2. The molecule has 182 valence electrons. The van der Waals surface area contributed by atoms with Gasteiger partial charge in [0.15, 0.2) is 0 Å². The van der Waals surface area contributed by atoms with Crippen LogP contribution in [-0.4, -0.2) is 37.2 Å². The van der Waals surface area contributed by atoms with Gasteiger partial charge in [-0.05, 0) is 73.6 Å². The van der Waals surface area contributed by atoms with E-state index < -0.39 is 0 Å². The fourth-order valence-electron chi connectivity index (χ4n) is 5.11. The number of anilines is 3. The van der Waals surface area contributed by atoms with Crippen molar-refractivity contribution in [3.63, 3.8) is 0 Å². The third-order valence-corrected chi connectivity index (χ3v) is 7.51. The van der Waals surface area contributed by atoms with E-state index in [1.165, 1.54) is 22.0 Å². The van der Waals surface area contributed by atoms with E-state index in [0.29, 0.717) is 0 Å². The molecule has 4 aromatic rings. The van der Waals surface area contributed by atoms with Crippen LogP contribution in [0.2, 0.25) is 0 Å². The van der Waals surface area contributed by atoms with Crippen LogP contribution in [0, 0.1) is 0 Å². The van der Waals surface area contributed by atoms with Crippen molar-refractivity contribution in [1.82, 2.24) is 9.80 Å². The molecule has 2 aliphatic rings. The molecule has 36 heavy (non-hydrogen) atoms. The smallest absolute Gasteiger partial charge is 0.129 e. The number of nitrogens with zero attached hydrogens (tertiary/aromatic N) is 4. The van der Waals surface area contributed by atoms with Gasteiger partial charge in [-0.2, -0.15) is 0 Å². The largest absolute Gasteiger partial charge is 0.457 e. The highest BCUT2D eigenvalue weighted by atomic mass is 16.5. The molecule has 0 unspecified atom stereocenters. The molecule has 0 saturated heterocycles. The molecule has 0 spiro atoms. The van der Waals surface area contributed by atoms with Crippen molar-refractivity contribution in [2.75, 3.05) is 37.2 Å². The van der Waals surface area contributed by atoms with Gasteiger partial charge in [-0.3, -0.25) is 4.90 Å². The summed E-state index contributed by atoms with van der Waals surface area (Å²) in [6, 6.07) is 30.0. The normalized spacial score (nSPS) is 17.1. The van der Waals surface area contributed by atoms with Gasteiger partial charge in [0.25, 0.3) is 0 Å². The van der Waals surface area contributed by atoms with E-state index in [1.807, 2.05) is 18.2 Å². The first-order chi connectivity index (χ1) is 17.4. The van der Waals surface area contributed by atoms with Gasteiger partial charge >= 0.3 is 0 Å². The Hall–Kier alpha value is -3.96. The topological polar surface area (TPSA) is 22.2 Å². The summed E-state index contributed by atoms with van der Waals surface area (Å²) in [6.07, 6.45) is 4.17. The monoisotopic (exact) mass is 476 g/mol. The second-order valence-electron chi connectivity index (χ2n) is 10.3. The molecule has 0 aliphatic carbocycles. The van der Waals surface area contributed by atoms with E-state index >= 15 is 0 Å². The number of ether oxygens (including phenoxy) is 1. The third-order valence-electron chi connectivity index (χ3n) is 7.51. The number of hydrogen-bond acceptors (Lipinski definition) is 5. The zero-order valence-corrected chi connectivity index (χ0v) is 21.3. The molecular formula is C31H32N4O. The molecule has 2 heterocycles. The van der Waals surface area contributed by atoms with Gasteiger partial charge in [-0.1, -0.05) is 36.4 Å². The first-order valence-electron chi connectivity index (χ1n) is 12.4. The molecule has 0 saturated carbocycles. The van der Waals surface area contributed by atoms with Gasteiger partial charge in [0.05, 0.1) is 13.3 Å². The van der Waals surface area contributed by atoms with Crippen molar-refractivity contribution in [1.29, 1.82) is 0 Å². The Bertz CT molecular complexity index is 1460. The second-order valence-corrected chi connectivity index (χ2v) is 10.3. The predicted octanol–water partition coefficient (Wildman–Crippen LogP) is 7.09. The molecule has 0 N–H and O–H groups in total. The summed E-state index contributed by atoms with van der Waals surface area (Å²) in [7, 11) is 4.27. The second kappa shape index (κ2) is 8.61. The Morgan fingerprint density at radius 2 is 1.36 bits per heavy atom. The molecule has 4 aromatic carbocycles. The zero-order chi connectivity index (χ0) is 24.9. The third kappa shape index (κ3) is 3.95. The van der Waals surface area contributed by atoms with Crippen LogP contribution in [0.4, 0.5) is 17.1 Å². The standard InChI is InChI=1S/C31H32N4O/c1-31(2)29-17-23-9-5-6-10-24(23)18-30(29)35(22-33(31)4)26-12-8-14-28(20-26)36-27-13-7-11-25(19-27)34-16-15-32(3)21-34/h5-20H,21-22H2,1-4H3. The number of rotatable bonds is 4. The van der Waals surface area contributed by atoms with Crippen LogP contribution in [0.15, 0.2) is 97.3 Å². The lowest BCUT2D eigenvalue weighted by Crippen LogP contribution is -2.49. The highest BCUT2D eigenvalue weighted by molar-refractivity contribution is 5.89. The average Bonchev–Trinajstić information content (AvgIpc) is 3.32. The van der Waals surface area contributed by atoms with E-state index in [-0.39, 0.29) is 5.54 Å². The van der Waals surface area contributed by atoms with E-state index in [2.05, 4.69) is 127 Å². The molecule has 0 aromatic heterocycles. The van der Waals surface area contributed by atoms with Gasteiger partial charge in [0.1, 0.15) is 11.5 Å². The SMILES string of the molecule is CN1C=CN(c2cccc(Oc3cccc(N4CN(C)C(C)(C)c5cc6ccccc6cc54)c3)c2)C1. The summed E-state index contributed by atoms with van der Waals surface area (Å²) in [6.45, 7) is 6.24. The molecule has 5 nitrogen and oxygen atoms in total. The maximum Gasteiger partial charge on any atom is 0.129 e. The fourth-order valence-corrected chi connectivity index (χ4v) is 5.11. The minimum atomic E-state index is -0.0670. The molecule has 5 heteroatoms. The molecule has 0 atom stereocenters. The average molecular weight is 477 g/mol. The Morgan fingerprint density at radius 3 is 2.06 bits per heavy atom. The summed E-state index contributed by atoms with van der Waals surface area (Å²) in [5.74, 6) is 1.66. The molecule has 0 amide bonds. The van der Waals surface area contributed by atoms with Gasteiger partial charge in [-0.25, -0.2) is 0 Å². The molecule has 2 aliphatic heterocycles. The molecule has 0 fully saturated rings. The van der Waals surface area contributed by atoms with Gasteiger partial charge in [0.2, 0.25) is 0 Å². The van der Waals surface area contributed by atoms with Gasteiger partial charge in [-0.15, -0.1) is 0 Å². The van der Waals surface area contributed by atoms with E-state index in [9.17, 15) is 0 Å². The van der Waals surface area contributed by atoms with Crippen molar-refractivity contribution in [2.24, 2.45) is 0 Å². The molecule has 0 radical (unpaired) electrons. The van der Waals surface area contributed by atoms with Crippen molar-refractivity contribution in [2.45, 2.75) is 19.4 Å². The highest BCUT2D eigenvalue weighted by Gasteiger charge is 2.36. The predicted molar refractivity (Wildman–Crippen MR) is 149 cm³/mol. The quantitative estimate of drug-likeness (QED) is 0.313. The summed E-state index contributed by atoms with van der Waals surface area (Å²) in [5.41, 5.74) is 4.75. The molecule has 0 bridgehead atoms. The number of hydrogen-bond donors (Lipinski definition) is 0. The minimum Gasteiger partial charge on any atom is -0.457 e. The zero-order valence-electron chi connectivity index (χ0n) is 21.3. The highest BCUT2D eigenvalue weighted by Crippen LogP contribution is 2.44. The molecule has 6 rings (SSSR count). The lowest BCUT2D eigenvalue weighted by molar-refractivity contribution is 0.150. The summed E-state index contributed by atoms with van der Waals surface area (Å²) in [5, 5.41) is 2.53. The Morgan fingerprint density at radius 1 is 0.694 bits per heavy atom. The lowest BCUT2D eigenvalue weighted by Gasteiger charge is -2.47. The summed E-state index contributed by atoms with van der Waals surface area (Å²) < 4.78 is 6.36. The van der Waals surface area contributed by atoms with Crippen molar-refractivity contribution < 1.29 is 4.74 Å². The van der Waals surface area contributed by atoms with Crippen molar-refractivity contribution >= 4 is 27.8 Å². The lowest BCUT2D eigenvalue weighted by atomic mass is 9.86. The maximum absolute atomic E-state index is 6.36.